The lowest BCUT2D eigenvalue weighted by atomic mass is 10.1. The minimum atomic E-state index is -0.845. The number of ether oxygens (including phenoxy) is 3. The quantitative estimate of drug-likeness (QED) is 0.419. The topological polar surface area (TPSA) is 65.8 Å². The van der Waals surface area contributed by atoms with E-state index in [1.165, 1.54) is 13.2 Å². The molecule has 7 nitrogen and oxygen atoms in total. The zero-order chi connectivity index (χ0) is 24.8. The van der Waals surface area contributed by atoms with Crippen LogP contribution < -0.4 is 9.47 Å². The molecule has 0 aliphatic carbocycles. The van der Waals surface area contributed by atoms with Gasteiger partial charge in [-0.25, -0.2) is 13.5 Å². The molecule has 0 aliphatic rings. The molecule has 0 unspecified atom stereocenters. The molecule has 0 fully saturated rings. The minimum Gasteiger partial charge on any atom is -0.497 e. The normalized spacial score (nSPS) is 11.1. The van der Waals surface area contributed by atoms with Crippen molar-refractivity contribution in [3.05, 3.63) is 65.4 Å². The highest BCUT2D eigenvalue weighted by Gasteiger charge is 2.26. The molecule has 2 aromatic carbocycles. The molecule has 3 aromatic rings. The lowest BCUT2D eigenvalue weighted by molar-refractivity contribution is -0.137. The molecule has 1 amide bonds. The lowest BCUT2D eigenvalue weighted by Gasteiger charge is -2.27. The van der Waals surface area contributed by atoms with Crippen molar-refractivity contribution in [3.63, 3.8) is 0 Å². The van der Waals surface area contributed by atoms with E-state index in [9.17, 15) is 13.6 Å². The van der Waals surface area contributed by atoms with E-state index >= 15 is 0 Å². The number of aromatic nitrogens is 2. The van der Waals surface area contributed by atoms with Crippen LogP contribution in [0.25, 0.3) is 5.69 Å². The van der Waals surface area contributed by atoms with Crippen LogP contribution in [-0.2, 0) is 22.5 Å². The maximum absolute atomic E-state index is 14.5. The number of benzene rings is 2. The number of methoxy groups -OCH3 is 2. The Kier molecular flexibility index (Phi) is 8.22. The molecular weight excluding hydrogens is 444 g/mol. The van der Waals surface area contributed by atoms with Crippen molar-refractivity contribution in [3.8, 4) is 23.1 Å². The summed E-state index contributed by atoms with van der Waals surface area (Å²) >= 11 is 0. The molecule has 0 saturated carbocycles. The van der Waals surface area contributed by atoms with Gasteiger partial charge in [0.2, 0.25) is 11.8 Å². The summed E-state index contributed by atoms with van der Waals surface area (Å²) in [4.78, 5) is 14.4. The molecular formula is C25H29F2N3O4. The first-order valence-corrected chi connectivity index (χ1v) is 11.0. The van der Waals surface area contributed by atoms with Crippen molar-refractivity contribution in [2.24, 2.45) is 0 Å². The lowest BCUT2D eigenvalue weighted by Crippen LogP contribution is -2.38. The first-order valence-electron chi connectivity index (χ1n) is 11.0. The van der Waals surface area contributed by atoms with Crippen LogP contribution in [0.15, 0.2) is 42.5 Å². The highest BCUT2D eigenvalue weighted by atomic mass is 19.1. The molecule has 182 valence electrons. The summed E-state index contributed by atoms with van der Waals surface area (Å²) in [6.45, 7) is 5.83. The monoisotopic (exact) mass is 473 g/mol. The molecule has 0 N–H and O–H groups in total. The van der Waals surface area contributed by atoms with E-state index in [2.05, 4.69) is 0 Å². The van der Waals surface area contributed by atoms with Crippen molar-refractivity contribution < 1.29 is 27.8 Å². The zero-order valence-corrected chi connectivity index (χ0v) is 20.0. The van der Waals surface area contributed by atoms with Crippen LogP contribution in [0.2, 0.25) is 0 Å². The first-order chi connectivity index (χ1) is 16.3. The summed E-state index contributed by atoms with van der Waals surface area (Å²) in [5.41, 5.74) is 1.96. The van der Waals surface area contributed by atoms with Crippen LogP contribution >= 0.6 is 0 Å². The van der Waals surface area contributed by atoms with Gasteiger partial charge in [0.15, 0.2) is 11.6 Å². The van der Waals surface area contributed by atoms with Crippen LogP contribution in [0.5, 0.6) is 17.4 Å². The van der Waals surface area contributed by atoms with Gasteiger partial charge < -0.3 is 19.1 Å². The summed E-state index contributed by atoms with van der Waals surface area (Å²) in [7, 11) is 3.03. The van der Waals surface area contributed by atoms with Crippen LogP contribution in [0.4, 0.5) is 8.78 Å². The Balaban J connectivity index is 2.15. The largest absolute Gasteiger partial charge is 0.497 e. The second-order valence-corrected chi connectivity index (χ2v) is 7.92. The van der Waals surface area contributed by atoms with E-state index in [1.54, 1.807) is 41.0 Å². The fraction of sp³-hybridized carbons (Fsp3) is 0.360. The molecule has 0 saturated heterocycles. The standard InChI is InChI=1S/C25H29F2N3O4/c1-6-22-20(14-29(16(2)3)24(31)15-32-4)25(34-23-12-7-17(26)13-21(23)27)30(28-22)18-8-10-19(33-5)11-9-18/h7-13,16H,6,14-15H2,1-5H3. The third-order valence-electron chi connectivity index (χ3n) is 5.31. The molecule has 9 heteroatoms. The molecule has 0 spiro atoms. The van der Waals surface area contributed by atoms with E-state index in [0.29, 0.717) is 29.1 Å². The Labute approximate surface area is 197 Å². The Morgan fingerprint density at radius 3 is 2.38 bits per heavy atom. The maximum Gasteiger partial charge on any atom is 0.249 e. The third-order valence-corrected chi connectivity index (χ3v) is 5.31. The van der Waals surface area contributed by atoms with Crippen LogP contribution in [0.1, 0.15) is 32.0 Å². The first kappa shape index (κ1) is 25.2. The Morgan fingerprint density at radius 2 is 1.82 bits per heavy atom. The smallest absolute Gasteiger partial charge is 0.249 e. The summed E-state index contributed by atoms with van der Waals surface area (Å²) in [6.07, 6.45) is 0.547. The molecule has 0 bridgehead atoms. The SMILES string of the molecule is CCc1nn(-c2ccc(OC)cc2)c(Oc2ccc(F)cc2F)c1CN(C(=O)COC)C(C)C. The molecule has 3 rings (SSSR count). The van der Waals surface area contributed by atoms with Crippen molar-refractivity contribution in [2.45, 2.75) is 39.8 Å². The van der Waals surface area contributed by atoms with E-state index in [1.807, 2.05) is 20.8 Å². The summed E-state index contributed by atoms with van der Waals surface area (Å²) < 4.78 is 45.8. The fourth-order valence-corrected chi connectivity index (χ4v) is 3.52. The van der Waals surface area contributed by atoms with Gasteiger partial charge >= 0.3 is 0 Å². The average molecular weight is 474 g/mol. The number of hydrogen-bond acceptors (Lipinski definition) is 5. The third kappa shape index (κ3) is 5.53. The molecule has 0 radical (unpaired) electrons. The Hall–Kier alpha value is -3.46. The van der Waals surface area contributed by atoms with Gasteiger partial charge in [0.25, 0.3) is 0 Å². The number of rotatable bonds is 10. The maximum atomic E-state index is 14.5. The zero-order valence-electron chi connectivity index (χ0n) is 20.0. The molecule has 1 heterocycles. The number of amides is 1. The van der Waals surface area contributed by atoms with Crippen molar-refractivity contribution in [1.82, 2.24) is 14.7 Å². The molecule has 34 heavy (non-hydrogen) atoms. The van der Waals surface area contributed by atoms with Gasteiger partial charge in [-0.15, -0.1) is 0 Å². The van der Waals surface area contributed by atoms with Gasteiger partial charge in [-0.2, -0.15) is 5.10 Å². The molecule has 1 aromatic heterocycles. The number of nitrogens with zero attached hydrogens (tertiary/aromatic N) is 3. The van der Waals surface area contributed by atoms with Crippen molar-refractivity contribution in [2.75, 3.05) is 20.8 Å². The van der Waals surface area contributed by atoms with Gasteiger partial charge in [0.1, 0.15) is 18.2 Å². The highest BCUT2D eigenvalue weighted by Crippen LogP contribution is 2.34. The second kappa shape index (κ2) is 11.1. The number of carbonyl (C=O) groups excluding carboxylic acids is 1. The van der Waals surface area contributed by atoms with Crippen LogP contribution in [0.3, 0.4) is 0 Å². The average Bonchev–Trinajstić information content (AvgIpc) is 3.16. The van der Waals surface area contributed by atoms with E-state index in [-0.39, 0.29) is 36.7 Å². The van der Waals surface area contributed by atoms with Crippen molar-refractivity contribution in [1.29, 1.82) is 0 Å². The summed E-state index contributed by atoms with van der Waals surface area (Å²) in [6, 6.07) is 10.1. The predicted octanol–water partition coefficient (Wildman–Crippen LogP) is 4.90. The van der Waals surface area contributed by atoms with Crippen molar-refractivity contribution >= 4 is 5.91 Å². The van der Waals surface area contributed by atoms with E-state index < -0.39 is 11.6 Å². The summed E-state index contributed by atoms with van der Waals surface area (Å²) in [5, 5.41) is 4.70. The van der Waals surface area contributed by atoms with Gasteiger partial charge in [0.05, 0.1) is 30.6 Å². The Morgan fingerprint density at radius 1 is 1.12 bits per heavy atom. The van der Waals surface area contributed by atoms with Gasteiger partial charge in [-0.1, -0.05) is 6.92 Å². The Bertz CT molecular complexity index is 1130. The molecule has 0 aliphatic heterocycles. The van der Waals surface area contributed by atoms with Gasteiger partial charge in [0, 0.05) is 19.2 Å². The van der Waals surface area contributed by atoms with Gasteiger partial charge in [-0.05, 0) is 56.7 Å². The molecule has 0 atom stereocenters. The fourth-order valence-electron chi connectivity index (χ4n) is 3.52. The predicted molar refractivity (Wildman–Crippen MR) is 123 cm³/mol. The van der Waals surface area contributed by atoms with E-state index in [4.69, 9.17) is 19.3 Å². The highest BCUT2D eigenvalue weighted by molar-refractivity contribution is 5.77. The number of hydrogen-bond donors (Lipinski definition) is 0. The van der Waals surface area contributed by atoms with Crippen LogP contribution in [-0.4, -0.2) is 47.5 Å². The number of aryl methyl sites for hydroxylation is 1. The number of halogens is 2. The van der Waals surface area contributed by atoms with Gasteiger partial charge in [-0.3, -0.25) is 4.79 Å². The second-order valence-electron chi connectivity index (χ2n) is 7.92. The van der Waals surface area contributed by atoms with Crippen LogP contribution in [0, 0.1) is 11.6 Å². The van der Waals surface area contributed by atoms with E-state index in [0.717, 1.165) is 12.1 Å². The minimum absolute atomic E-state index is 0.0744. The summed E-state index contributed by atoms with van der Waals surface area (Å²) in [5.74, 6) is -1.00. The number of carbonyl (C=O) groups is 1.